The van der Waals surface area contributed by atoms with Crippen LogP contribution in [0.15, 0.2) is 24.3 Å². The summed E-state index contributed by atoms with van der Waals surface area (Å²) < 4.78 is 11.1. The lowest BCUT2D eigenvalue weighted by atomic mass is 10.1. The summed E-state index contributed by atoms with van der Waals surface area (Å²) in [6.07, 6.45) is 2.06. The summed E-state index contributed by atoms with van der Waals surface area (Å²) >= 11 is 0. The third-order valence-corrected chi connectivity index (χ3v) is 5.03. The third kappa shape index (κ3) is 5.43. The van der Waals surface area contributed by atoms with Crippen LogP contribution in [0, 0.1) is 5.92 Å². The Morgan fingerprint density at radius 3 is 2.88 bits per heavy atom. The fourth-order valence-electron chi connectivity index (χ4n) is 3.52. The van der Waals surface area contributed by atoms with E-state index in [-0.39, 0.29) is 6.03 Å². The highest BCUT2D eigenvalue weighted by Gasteiger charge is 2.26. The van der Waals surface area contributed by atoms with E-state index < -0.39 is 0 Å². The maximum Gasteiger partial charge on any atom is 0.321 e. The first-order valence-corrected chi connectivity index (χ1v) is 9.78. The Hall–Kier alpha value is -1.63. The number of anilines is 1. The van der Waals surface area contributed by atoms with Crippen molar-refractivity contribution in [3.8, 4) is 0 Å². The van der Waals surface area contributed by atoms with Gasteiger partial charge < -0.3 is 19.7 Å². The predicted molar refractivity (Wildman–Crippen MR) is 102 cm³/mol. The molecule has 2 saturated heterocycles. The number of hydrogen-bond donors (Lipinski definition) is 1. The first-order chi connectivity index (χ1) is 12.8. The molecule has 2 amide bonds. The highest BCUT2D eigenvalue weighted by molar-refractivity contribution is 5.90. The number of rotatable bonds is 7. The molecule has 6 heteroatoms. The molecule has 6 nitrogen and oxygen atoms in total. The van der Waals surface area contributed by atoms with E-state index in [0.717, 1.165) is 83.2 Å². The van der Waals surface area contributed by atoms with Gasteiger partial charge in [-0.2, -0.15) is 0 Å². The number of nitrogens with zero attached hydrogens (tertiary/aromatic N) is 2. The van der Waals surface area contributed by atoms with Gasteiger partial charge in [-0.3, -0.25) is 4.90 Å². The minimum Gasteiger partial charge on any atom is -0.381 e. The molecule has 1 aromatic carbocycles. The van der Waals surface area contributed by atoms with Gasteiger partial charge in [0.25, 0.3) is 0 Å². The largest absolute Gasteiger partial charge is 0.381 e. The molecule has 1 unspecified atom stereocenters. The lowest BCUT2D eigenvalue weighted by Gasteiger charge is -2.27. The van der Waals surface area contributed by atoms with Crippen molar-refractivity contribution < 1.29 is 14.3 Å². The monoisotopic (exact) mass is 361 g/mol. The Labute approximate surface area is 156 Å². The van der Waals surface area contributed by atoms with Crippen molar-refractivity contribution in [3.05, 3.63) is 29.8 Å². The molecule has 2 aliphatic rings. The number of hydrogen-bond acceptors (Lipinski definition) is 4. The molecular formula is C20H31N3O3. The zero-order valence-corrected chi connectivity index (χ0v) is 15.8. The summed E-state index contributed by atoms with van der Waals surface area (Å²) in [6.45, 7) is 9.53. The van der Waals surface area contributed by atoms with E-state index in [9.17, 15) is 4.79 Å². The molecule has 0 saturated carbocycles. The first kappa shape index (κ1) is 19.1. The Kier molecular flexibility index (Phi) is 7.29. The van der Waals surface area contributed by atoms with Crippen LogP contribution in [0.25, 0.3) is 0 Å². The molecule has 2 aliphatic heterocycles. The van der Waals surface area contributed by atoms with Gasteiger partial charge in [-0.25, -0.2) is 4.79 Å². The zero-order valence-electron chi connectivity index (χ0n) is 15.8. The standard InChI is InChI=1S/C20H31N3O3/c1-2-11-26-16-17-7-8-23(14-17)20(24)21-19-6-4-3-5-18(19)15-22-9-12-25-13-10-22/h3-6,17H,2,7-16H2,1H3,(H,21,24). The number of amides is 2. The van der Waals surface area contributed by atoms with E-state index in [1.165, 1.54) is 0 Å². The lowest BCUT2D eigenvalue weighted by molar-refractivity contribution is 0.0342. The van der Waals surface area contributed by atoms with Crippen molar-refractivity contribution in [2.45, 2.75) is 26.3 Å². The minimum atomic E-state index is -0.00239. The number of ether oxygens (including phenoxy) is 2. The van der Waals surface area contributed by atoms with Crippen LogP contribution in [0.4, 0.5) is 10.5 Å². The average Bonchev–Trinajstić information content (AvgIpc) is 3.13. The first-order valence-electron chi connectivity index (χ1n) is 9.78. The highest BCUT2D eigenvalue weighted by atomic mass is 16.5. The van der Waals surface area contributed by atoms with Crippen LogP contribution in [0.3, 0.4) is 0 Å². The van der Waals surface area contributed by atoms with E-state index in [2.05, 4.69) is 23.2 Å². The highest BCUT2D eigenvalue weighted by Crippen LogP contribution is 2.21. The van der Waals surface area contributed by atoms with Crippen molar-refractivity contribution in [1.82, 2.24) is 9.80 Å². The average molecular weight is 361 g/mol. The van der Waals surface area contributed by atoms with Crippen molar-refractivity contribution in [2.75, 3.05) is 57.9 Å². The van der Waals surface area contributed by atoms with Crippen molar-refractivity contribution in [2.24, 2.45) is 5.92 Å². The summed E-state index contributed by atoms with van der Waals surface area (Å²) in [5, 5.41) is 3.12. The number of benzene rings is 1. The van der Waals surface area contributed by atoms with Crippen molar-refractivity contribution in [3.63, 3.8) is 0 Å². The molecule has 0 spiro atoms. The number of carbonyl (C=O) groups is 1. The van der Waals surface area contributed by atoms with Gasteiger partial charge in [0.1, 0.15) is 0 Å². The van der Waals surface area contributed by atoms with Gasteiger partial charge in [-0.15, -0.1) is 0 Å². The third-order valence-electron chi connectivity index (χ3n) is 5.03. The maximum absolute atomic E-state index is 12.7. The summed E-state index contributed by atoms with van der Waals surface area (Å²) in [5.74, 6) is 0.455. The van der Waals surface area contributed by atoms with Crippen LogP contribution in [0.2, 0.25) is 0 Å². The molecule has 0 bridgehead atoms. The molecule has 26 heavy (non-hydrogen) atoms. The van der Waals surface area contributed by atoms with Crippen LogP contribution < -0.4 is 5.32 Å². The van der Waals surface area contributed by atoms with Gasteiger partial charge in [0, 0.05) is 50.9 Å². The van der Waals surface area contributed by atoms with Gasteiger partial charge in [-0.05, 0) is 24.5 Å². The normalized spacial score (nSPS) is 21.1. The fraction of sp³-hybridized carbons (Fsp3) is 0.650. The smallest absolute Gasteiger partial charge is 0.321 e. The molecule has 0 aliphatic carbocycles. The topological polar surface area (TPSA) is 54.0 Å². The minimum absolute atomic E-state index is 0.00239. The van der Waals surface area contributed by atoms with Gasteiger partial charge in [0.05, 0.1) is 19.8 Å². The van der Waals surface area contributed by atoms with Gasteiger partial charge in [0.2, 0.25) is 0 Å². The Morgan fingerprint density at radius 1 is 1.27 bits per heavy atom. The molecule has 2 heterocycles. The number of nitrogens with one attached hydrogen (secondary N) is 1. The van der Waals surface area contributed by atoms with Crippen LogP contribution in [0.1, 0.15) is 25.3 Å². The van der Waals surface area contributed by atoms with E-state index in [4.69, 9.17) is 9.47 Å². The molecule has 1 atom stereocenters. The SMILES string of the molecule is CCCOCC1CCN(C(=O)Nc2ccccc2CN2CCOCC2)C1. The summed E-state index contributed by atoms with van der Waals surface area (Å²) in [7, 11) is 0. The Bertz CT molecular complexity index is 575. The van der Waals surface area contributed by atoms with E-state index in [0.29, 0.717) is 5.92 Å². The van der Waals surface area contributed by atoms with Crippen LogP contribution in [0.5, 0.6) is 0 Å². The number of carbonyl (C=O) groups excluding carboxylic acids is 1. The predicted octanol–water partition coefficient (Wildman–Crippen LogP) is 2.80. The Morgan fingerprint density at radius 2 is 2.08 bits per heavy atom. The number of para-hydroxylation sites is 1. The van der Waals surface area contributed by atoms with E-state index in [1.807, 2.05) is 23.1 Å². The van der Waals surface area contributed by atoms with Crippen molar-refractivity contribution >= 4 is 11.7 Å². The number of morpholine rings is 1. The van der Waals surface area contributed by atoms with Gasteiger partial charge in [-0.1, -0.05) is 25.1 Å². The summed E-state index contributed by atoms with van der Waals surface area (Å²) in [4.78, 5) is 16.9. The second-order valence-corrected chi connectivity index (χ2v) is 7.15. The van der Waals surface area contributed by atoms with Crippen LogP contribution in [-0.4, -0.2) is 68.4 Å². The fourth-order valence-corrected chi connectivity index (χ4v) is 3.52. The molecule has 3 rings (SSSR count). The Balaban J connectivity index is 1.52. The second kappa shape index (κ2) is 9.90. The number of urea groups is 1. The summed E-state index contributed by atoms with van der Waals surface area (Å²) in [5.41, 5.74) is 2.07. The van der Waals surface area contributed by atoms with Crippen molar-refractivity contribution in [1.29, 1.82) is 0 Å². The van der Waals surface area contributed by atoms with Gasteiger partial charge in [0.15, 0.2) is 0 Å². The molecule has 2 fully saturated rings. The van der Waals surface area contributed by atoms with Crippen LogP contribution in [-0.2, 0) is 16.0 Å². The lowest BCUT2D eigenvalue weighted by Crippen LogP contribution is -2.36. The molecule has 144 valence electrons. The zero-order chi connectivity index (χ0) is 18.2. The maximum atomic E-state index is 12.7. The number of likely N-dealkylation sites (tertiary alicyclic amines) is 1. The van der Waals surface area contributed by atoms with Gasteiger partial charge >= 0.3 is 6.03 Å². The summed E-state index contributed by atoms with van der Waals surface area (Å²) in [6, 6.07) is 8.09. The van der Waals surface area contributed by atoms with E-state index in [1.54, 1.807) is 0 Å². The molecule has 1 aromatic rings. The second-order valence-electron chi connectivity index (χ2n) is 7.15. The van der Waals surface area contributed by atoms with Crippen LogP contribution >= 0.6 is 0 Å². The molecule has 0 aromatic heterocycles. The molecule has 1 N–H and O–H groups in total. The molecular weight excluding hydrogens is 330 g/mol. The quantitative estimate of drug-likeness (QED) is 0.759. The molecule has 0 radical (unpaired) electrons. The van der Waals surface area contributed by atoms with E-state index >= 15 is 0 Å².